The minimum atomic E-state index is -0.760. The van der Waals surface area contributed by atoms with Gasteiger partial charge >= 0.3 is 17.9 Å². The van der Waals surface area contributed by atoms with Crippen LogP contribution in [0.4, 0.5) is 0 Å². The minimum absolute atomic E-state index is 0.0642. The predicted octanol–water partition coefficient (Wildman–Crippen LogP) is 17.7. The number of esters is 3. The van der Waals surface area contributed by atoms with Crippen LogP contribution in [-0.2, 0) is 28.6 Å². The number of hydrogen-bond donors (Lipinski definition) is 0. The summed E-state index contributed by atoms with van der Waals surface area (Å²) in [5.41, 5.74) is 0. The monoisotopic (exact) mass is 863 g/mol. The SMILES string of the molecule is CCCCCCCC(=O)OC[C@H](COC(=O)CCCCCCCCCCCCCCCCC(C)C)OC(=O)CCCCCCCCCCCCCCCCCCCCC(C)C. The summed E-state index contributed by atoms with van der Waals surface area (Å²) in [7, 11) is 0. The van der Waals surface area contributed by atoms with Crippen LogP contribution in [-0.4, -0.2) is 37.2 Å². The zero-order chi connectivity index (χ0) is 44.7. The molecule has 0 aromatic heterocycles. The maximum Gasteiger partial charge on any atom is 0.306 e. The van der Waals surface area contributed by atoms with Gasteiger partial charge in [0.1, 0.15) is 13.2 Å². The summed E-state index contributed by atoms with van der Waals surface area (Å²) in [6, 6.07) is 0. The fourth-order valence-electron chi connectivity index (χ4n) is 8.34. The van der Waals surface area contributed by atoms with Crippen molar-refractivity contribution in [3.63, 3.8) is 0 Å². The Kier molecular flexibility index (Phi) is 46.6. The largest absolute Gasteiger partial charge is 0.462 e. The Bertz CT molecular complexity index is 931. The Morgan fingerprint density at radius 2 is 0.541 bits per heavy atom. The molecule has 0 rings (SSSR count). The summed E-state index contributed by atoms with van der Waals surface area (Å²) in [4.78, 5) is 37.7. The normalized spacial score (nSPS) is 12.0. The fourth-order valence-corrected chi connectivity index (χ4v) is 8.34. The lowest BCUT2D eigenvalue weighted by molar-refractivity contribution is -0.167. The van der Waals surface area contributed by atoms with E-state index in [1.807, 2.05) is 0 Å². The first-order valence-corrected chi connectivity index (χ1v) is 27.2. The van der Waals surface area contributed by atoms with Crippen molar-refractivity contribution in [2.75, 3.05) is 13.2 Å². The smallest absolute Gasteiger partial charge is 0.306 e. The first-order valence-electron chi connectivity index (χ1n) is 27.2. The Labute approximate surface area is 380 Å². The molecule has 0 bridgehead atoms. The van der Waals surface area contributed by atoms with E-state index in [4.69, 9.17) is 14.2 Å². The highest BCUT2D eigenvalue weighted by atomic mass is 16.6. The first-order chi connectivity index (χ1) is 29.7. The van der Waals surface area contributed by atoms with E-state index in [-0.39, 0.29) is 31.1 Å². The van der Waals surface area contributed by atoms with Gasteiger partial charge in [0.05, 0.1) is 0 Å². The second-order valence-corrected chi connectivity index (χ2v) is 19.8. The molecule has 0 aromatic carbocycles. The Morgan fingerprint density at radius 1 is 0.311 bits per heavy atom. The Morgan fingerprint density at radius 3 is 0.803 bits per heavy atom. The van der Waals surface area contributed by atoms with Crippen LogP contribution in [0.25, 0.3) is 0 Å². The van der Waals surface area contributed by atoms with Crippen LogP contribution in [0, 0.1) is 11.8 Å². The molecule has 0 heterocycles. The van der Waals surface area contributed by atoms with Crippen LogP contribution in [0.3, 0.4) is 0 Å². The molecular weight excluding hydrogens is 757 g/mol. The average Bonchev–Trinajstić information content (AvgIpc) is 3.23. The van der Waals surface area contributed by atoms with Gasteiger partial charge in [-0.3, -0.25) is 14.4 Å². The van der Waals surface area contributed by atoms with Gasteiger partial charge in [-0.15, -0.1) is 0 Å². The number of carbonyl (C=O) groups excluding carboxylic acids is 3. The zero-order valence-electron chi connectivity index (χ0n) is 41.8. The molecule has 0 aliphatic heterocycles. The molecule has 0 unspecified atom stereocenters. The highest BCUT2D eigenvalue weighted by molar-refractivity contribution is 5.71. The maximum atomic E-state index is 12.8. The van der Waals surface area contributed by atoms with Crippen molar-refractivity contribution in [3.05, 3.63) is 0 Å². The van der Waals surface area contributed by atoms with Crippen LogP contribution in [0.15, 0.2) is 0 Å². The fraction of sp³-hybridized carbons (Fsp3) is 0.945. The standard InChI is InChI=1S/C55H106O6/c1-6-7-8-33-40-45-53(56)59-48-52(49-60-54(57)46-41-36-31-27-23-19-16-15-18-22-26-30-35-39-44-51(4)5)61-55(58)47-42-37-32-28-24-20-14-12-10-9-11-13-17-21-25-29-34-38-43-50(2)3/h50-52H,6-49H2,1-5H3/t52-/m1/s1. The van der Waals surface area contributed by atoms with Gasteiger partial charge in [0.15, 0.2) is 6.10 Å². The van der Waals surface area contributed by atoms with E-state index in [2.05, 4.69) is 34.6 Å². The molecule has 0 fully saturated rings. The second kappa shape index (κ2) is 47.9. The maximum absolute atomic E-state index is 12.8. The average molecular weight is 863 g/mol. The van der Waals surface area contributed by atoms with E-state index < -0.39 is 6.10 Å². The lowest BCUT2D eigenvalue weighted by Crippen LogP contribution is -2.30. The topological polar surface area (TPSA) is 78.9 Å². The summed E-state index contributed by atoms with van der Waals surface area (Å²) < 4.78 is 16.7. The molecule has 0 radical (unpaired) electrons. The van der Waals surface area contributed by atoms with Gasteiger partial charge in [0.25, 0.3) is 0 Å². The van der Waals surface area contributed by atoms with E-state index >= 15 is 0 Å². The number of hydrogen-bond acceptors (Lipinski definition) is 6. The summed E-state index contributed by atoms with van der Waals surface area (Å²) in [5.74, 6) is 0.844. The van der Waals surface area contributed by atoms with Gasteiger partial charge in [0.2, 0.25) is 0 Å². The van der Waals surface area contributed by atoms with Crippen molar-refractivity contribution in [2.45, 2.75) is 310 Å². The van der Waals surface area contributed by atoms with Crippen LogP contribution in [0.2, 0.25) is 0 Å². The molecule has 1 atom stereocenters. The first kappa shape index (κ1) is 59.4. The Hall–Kier alpha value is -1.59. The van der Waals surface area contributed by atoms with Crippen molar-refractivity contribution in [2.24, 2.45) is 11.8 Å². The molecule has 362 valence electrons. The second-order valence-electron chi connectivity index (χ2n) is 19.8. The van der Waals surface area contributed by atoms with Crippen molar-refractivity contribution in [3.8, 4) is 0 Å². The molecule has 0 saturated carbocycles. The third kappa shape index (κ3) is 49.3. The molecule has 0 N–H and O–H groups in total. The van der Waals surface area contributed by atoms with E-state index in [1.54, 1.807) is 0 Å². The molecule has 6 nitrogen and oxygen atoms in total. The van der Waals surface area contributed by atoms with Crippen molar-refractivity contribution in [1.29, 1.82) is 0 Å². The molecule has 0 aliphatic carbocycles. The molecule has 6 heteroatoms. The van der Waals surface area contributed by atoms with Crippen LogP contribution < -0.4 is 0 Å². The zero-order valence-corrected chi connectivity index (χ0v) is 41.8. The quantitative estimate of drug-likeness (QED) is 0.0344. The van der Waals surface area contributed by atoms with Gasteiger partial charge in [-0.1, -0.05) is 266 Å². The lowest BCUT2D eigenvalue weighted by Gasteiger charge is -2.18. The summed E-state index contributed by atoms with van der Waals surface area (Å²) >= 11 is 0. The summed E-state index contributed by atoms with van der Waals surface area (Å²) in [6.45, 7) is 11.3. The molecule has 0 spiro atoms. The number of rotatable bonds is 49. The number of ether oxygens (including phenoxy) is 3. The highest BCUT2D eigenvalue weighted by Gasteiger charge is 2.19. The lowest BCUT2D eigenvalue weighted by atomic mass is 10.0. The predicted molar refractivity (Wildman–Crippen MR) is 261 cm³/mol. The molecular formula is C55H106O6. The van der Waals surface area contributed by atoms with E-state index in [9.17, 15) is 14.4 Å². The van der Waals surface area contributed by atoms with E-state index in [1.165, 1.54) is 186 Å². The highest BCUT2D eigenvalue weighted by Crippen LogP contribution is 2.18. The van der Waals surface area contributed by atoms with Crippen LogP contribution >= 0.6 is 0 Å². The van der Waals surface area contributed by atoms with E-state index in [0.717, 1.165) is 76.0 Å². The van der Waals surface area contributed by atoms with Crippen molar-refractivity contribution >= 4 is 17.9 Å². The van der Waals surface area contributed by atoms with Gasteiger partial charge < -0.3 is 14.2 Å². The number of carbonyl (C=O) groups is 3. The van der Waals surface area contributed by atoms with Crippen LogP contribution in [0.5, 0.6) is 0 Å². The minimum Gasteiger partial charge on any atom is -0.462 e. The van der Waals surface area contributed by atoms with Gasteiger partial charge in [-0.05, 0) is 31.1 Å². The number of unbranched alkanes of at least 4 members (excludes halogenated alkanes) is 34. The van der Waals surface area contributed by atoms with Gasteiger partial charge in [0, 0.05) is 19.3 Å². The molecule has 0 amide bonds. The third-order valence-corrected chi connectivity index (χ3v) is 12.5. The third-order valence-electron chi connectivity index (χ3n) is 12.5. The van der Waals surface area contributed by atoms with E-state index in [0.29, 0.717) is 19.3 Å². The molecule has 0 aliphatic rings. The molecule has 0 aromatic rings. The van der Waals surface area contributed by atoms with Crippen LogP contribution in [0.1, 0.15) is 304 Å². The summed E-state index contributed by atoms with van der Waals surface area (Å²) in [5, 5.41) is 0. The molecule has 0 saturated heterocycles. The van der Waals surface area contributed by atoms with Crippen molar-refractivity contribution in [1.82, 2.24) is 0 Å². The van der Waals surface area contributed by atoms with Crippen molar-refractivity contribution < 1.29 is 28.6 Å². The molecule has 61 heavy (non-hydrogen) atoms. The summed E-state index contributed by atoms with van der Waals surface area (Å²) in [6.07, 6.45) is 49.9. The van der Waals surface area contributed by atoms with Gasteiger partial charge in [-0.25, -0.2) is 0 Å². The Balaban J connectivity index is 4.06. The van der Waals surface area contributed by atoms with Gasteiger partial charge in [-0.2, -0.15) is 0 Å².